The quantitative estimate of drug-likeness (QED) is 0.829. The summed E-state index contributed by atoms with van der Waals surface area (Å²) in [6.07, 6.45) is 1.24. The third-order valence-electron chi connectivity index (χ3n) is 3.03. The minimum Gasteiger partial charge on any atom is -0.508 e. The molecular formula is C13H18N2O3. The molecular weight excluding hydrogens is 232 g/mol. The molecule has 0 saturated carbocycles. The van der Waals surface area contributed by atoms with Gasteiger partial charge >= 0.3 is 6.09 Å². The fourth-order valence-corrected chi connectivity index (χ4v) is 2.05. The molecule has 5 nitrogen and oxygen atoms in total. The number of hydrogen-bond donors (Lipinski definition) is 2. The Balaban J connectivity index is 1.94. The third-order valence-corrected chi connectivity index (χ3v) is 3.03. The molecule has 0 aliphatic carbocycles. The first-order chi connectivity index (χ1) is 8.70. The van der Waals surface area contributed by atoms with E-state index >= 15 is 0 Å². The zero-order chi connectivity index (χ0) is 13.0. The van der Waals surface area contributed by atoms with Crippen molar-refractivity contribution in [2.75, 3.05) is 13.1 Å². The van der Waals surface area contributed by atoms with Crippen molar-refractivity contribution in [1.29, 1.82) is 0 Å². The van der Waals surface area contributed by atoms with Crippen LogP contribution in [0.15, 0.2) is 24.3 Å². The second-order valence-corrected chi connectivity index (χ2v) is 4.45. The van der Waals surface area contributed by atoms with Crippen molar-refractivity contribution in [3.05, 3.63) is 29.8 Å². The molecule has 5 heteroatoms. The van der Waals surface area contributed by atoms with Crippen molar-refractivity contribution >= 4 is 6.09 Å². The van der Waals surface area contributed by atoms with Crippen LogP contribution in [0.1, 0.15) is 18.4 Å². The van der Waals surface area contributed by atoms with E-state index in [1.165, 1.54) is 0 Å². The smallest absolute Gasteiger partial charge is 0.410 e. The lowest BCUT2D eigenvalue weighted by atomic mass is 10.1. The Hall–Kier alpha value is -1.75. The Morgan fingerprint density at radius 2 is 2.22 bits per heavy atom. The fourth-order valence-electron chi connectivity index (χ4n) is 2.05. The highest BCUT2D eigenvalue weighted by atomic mass is 16.6. The van der Waals surface area contributed by atoms with E-state index in [1.54, 1.807) is 23.1 Å². The predicted octanol–water partition coefficient (Wildman–Crippen LogP) is 1.45. The topological polar surface area (TPSA) is 75.8 Å². The SMILES string of the molecule is NCCCC1CN(Cc2ccccc2O)C(=O)O1. The number of para-hydroxylation sites is 1. The van der Waals surface area contributed by atoms with Gasteiger partial charge in [0, 0.05) is 5.56 Å². The number of rotatable bonds is 5. The summed E-state index contributed by atoms with van der Waals surface area (Å²) in [5, 5.41) is 9.67. The van der Waals surface area contributed by atoms with Crippen LogP contribution in [-0.4, -0.2) is 35.3 Å². The highest BCUT2D eigenvalue weighted by Crippen LogP contribution is 2.22. The average Bonchev–Trinajstić information content (AvgIpc) is 2.70. The summed E-state index contributed by atoms with van der Waals surface area (Å²) >= 11 is 0. The molecule has 1 aromatic rings. The number of phenolic OH excluding ortho intramolecular Hbond substituents is 1. The summed E-state index contributed by atoms with van der Waals surface area (Å²) in [4.78, 5) is 13.3. The summed E-state index contributed by atoms with van der Waals surface area (Å²) in [6, 6.07) is 7.01. The van der Waals surface area contributed by atoms with E-state index in [0.29, 0.717) is 19.6 Å². The lowest BCUT2D eigenvalue weighted by molar-refractivity contribution is 0.127. The van der Waals surface area contributed by atoms with Gasteiger partial charge in [0.25, 0.3) is 0 Å². The van der Waals surface area contributed by atoms with Crippen LogP contribution < -0.4 is 5.73 Å². The number of carbonyl (C=O) groups is 1. The van der Waals surface area contributed by atoms with Gasteiger partial charge in [-0.3, -0.25) is 0 Å². The van der Waals surface area contributed by atoms with Crippen molar-refractivity contribution in [3.8, 4) is 5.75 Å². The zero-order valence-corrected chi connectivity index (χ0v) is 10.2. The van der Waals surface area contributed by atoms with Crippen LogP contribution in [-0.2, 0) is 11.3 Å². The monoisotopic (exact) mass is 250 g/mol. The van der Waals surface area contributed by atoms with Crippen molar-refractivity contribution in [3.63, 3.8) is 0 Å². The molecule has 1 heterocycles. The normalized spacial score (nSPS) is 19.1. The largest absolute Gasteiger partial charge is 0.508 e. The van der Waals surface area contributed by atoms with Gasteiger partial charge < -0.3 is 20.5 Å². The van der Waals surface area contributed by atoms with Gasteiger partial charge in [-0.1, -0.05) is 18.2 Å². The molecule has 0 aromatic heterocycles. The van der Waals surface area contributed by atoms with Crippen LogP contribution in [0.4, 0.5) is 4.79 Å². The van der Waals surface area contributed by atoms with Crippen LogP contribution in [0.3, 0.4) is 0 Å². The van der Waals surface area contributed by atoms with E-state index in [-0.39, 0.29) is 17.9 Å². The van der Waals surface area contributed by atoms with Crippen molar-refractivity contribution in [1.82, 2.24) is 4.90 Å². The number of hydrogen-bond acceptors (Lipinski definition) is 4. The Morgan fingerprint density at radius 3 is 2.94 bits per heavy atom. The molecule has 98 valence electrons. The highest BCUT2D eigenvalue weighted by Gasteiger charge is 2.30. The highest BCUT2D eigenvalue weighted by molar-refractivity contribution is 5.70. The average molecular weight is 250 g/mol. The van der Waals surface area contributed by atoms with E-state index in [9.17, 15) is 9.90 Å². The molecule has 0 spiro atoms. The molecule has 0 radical (unpaired) electrons. The van der Waals surface area contributed by atoms with E-state index in [0.717, 1.165) is 18.4 Å². The van der Waals surface area contributed by atoms with Gasteiger partial charge in [-0.2, -0.15) is 0 Å². The van der Waals surface area contributed by atoms with E-state index in [2.05, 4.69) is 0 Å². The van der Waals surface area contributed by atoms with E-state index < -0.39 is 0 Å². The van der Waals surface area contributed by atoms with Crippen LogP contribution in [0.25, 0.3) is 0 Å². The summed E-state index contributed by atoms with van der Waals surface area (Å²) in [5.41, 5.74) is 6.16. The van der Waals surface area contributed by atoms with Gasteiger partial charge in [-0.15, -0.1) is 0 Å². The number of nitrogens with zero attached hydrogens (tertiary/aromatic N) is 1. The van der Waals surface area contributed by atoms with Gasteiger partial charge in [-0.25, -0.2) is 4.79 Å². The van der Waals surface area contributed by atoms with Crippen molar-refractivity contribution in [2.45, 2.75) is 25.5 Å². The molecule has 0 bridgehead atoms. The number of nitrogens with two attached hydrogens (primary N) is 1. The summed E-state index contributed by atoms with van der Waals surface area (Å²) < 4.78 is 5.24. The van der Waals surface area contributed by atoms with Crippen LogP contribution in [0.2, 0.25) is 0 Å². The number of carbonyl (C=O) groups excluding carboxylic acids is 1. The van der Waals surface area contributed by atoms with Gasteiger partial charge in [-0.05, 0) is 25.5 Å². The lowest BCUT2D eigenvalue weighted by Crippen LogP contribution is -2.24. The fraction of sp³-hybridized carbons (Fsp3) is 0.462. The first-order valence-electron chi connectivity index (χ1n) is 6.13. The summed E-state index contributed by atoms with van der Waals surface area (Å²) in [5.74, 6) is 0.204. The third kappa shape index (κ3) is 2.92. The van der Waals surface area contributed by atoms with Gasteiger partial charge in [0.15, 0.2) is 0 Å². The maximum Gasteiger partial charge on any atom is 0.410 e. The van der Waals surface area contributed by atoms with Crippen molar-refractivity contribution in [2.24, 2.45) is 5.73 Å². The molecule has 18 heavy (non-hydrogen) atoms. The van der Waals surface area contributed by atoms with Crippen LogP contribution >= 0.6 is 0 Å². The first kappa shape index (κ1) is 12.7. The molecule has 1 fully saturated rings. The molecule has 1 saturated heterocycles. The minimum atomic E-state index is -0.319. The lowest BCUT2D eigenvalue weighted by Gasteiger charge is -2.13. The van der Waals surface area contributed by atoms with Crippen LogP contribution in [0.5, 0.6) is 5.75 Å². The summed E-state index contributed by atoms with van der Waals surface area (Å²) in [6.45, 7) is 1.55. The minimum absolute atomic E-state index is 0.0769. The molecule has 2 rings (SSSR count). The Bertz CT molecular complexity index is 422. The number of aromatic hydroxyl groups is 1. The maximum atomic E-state index is 11.7. The predicted molar refractivity (Wildman–Crippen MR) is 67.1 cm³/mol. The van der Waals surface area contributed by atoms with Crippen molar-refractivity contribution < 1.29 is 14.6 Å². The molecule has 1 aromatic carbocycles. The molecule has 1 aliphatic heterocycles. The number of ether oxygens (including phenoxy) is 1. The molecule has 1 aliphatic rings. The Kier molecular flexibility index (Phi) is 4.04. The standard InChI is InChI=1S/C13H18N2O3/c14-7-3-5-11-9-15(13(17)18-11)8-10-4-1-2-6-12(10)16/h1-2,4,6,11,16H,3,5,7-9,14H2. The zero-order valence-electron chi connectivity index (χ0n) is 10.2. The van der Waals surface area contributed by atoms with Gasteiger partial charge in [0.1, 0.15) is 11.9 Å². The maximum absolute atomic E-state index is 11.7. The molecule has 1 amide bonds. The van der Waals surface area contributed by atoms with Gasteiger partial charge in [0.05, 0.1) is 13.1 Å². The van der Waals surface area contributed by atoms with E-state index in [1.807, 2.05) is 6.07 Å². The van der Waals surface area contributed by atoms with E-state index in [4.69, 9.17) is 10.5 Å². The number of amides is 1. The Morgan fingerprint density at radius 1 is 1.44 bits per heavy atom. The van der Waals surface area contributed by atoms with Crippen LogP contribution in [0, 0.1) is 0 Å². The second-order valence-electron chi connectivity index (χ2n) is 4.45. The molecule has 3 N–H and O–H groups in total. The number of cyclic esters (lactones) is 1. The number of phenols is 1. The second kappa shape index (κ2) is 5.73. The molecule has 1 atom stereocenters. The Labute approximate surface area is 106 Å². The first-order valence-corrected chi connectivity index (χ1v) is 6.13. The summed E-state index contributed by atoms with van der Waals surface area (Å²) in [7, 11) is 0. The van der Waals surface area contributed by atoms with Gasteiger partial charge in [0.2, 0.25) is 0 Å². The number of benzene rings is 1. The molecule has 1 unspecified atom stereocenters.